The van der Waals surface area contributed by atoms with Crippen molar-refractivity contribution in [2.24, 2.45) is 5.92 Å². The monoisotopic (exact) mass is 392 g/mol. The summed E-state index contributed by atoms with van der Waals surface area (Å²) in [6.45, 7) is 6.68. The molecule has 140 valence electrons. The Labute approximate surface area is 162 Å². The molecule has 4 nitrogen and oxygen atoms in total. The number of hydrogen-bond donors (Lipinski definition) is 1. The largest absolute Gasteiger partial charge is 0.453 e. The first-order chi connectivity index (χ1) is 12.6. The Kier molecular flexibility index (Phi) is 4.94. The summed E-state index contributed by atoms with van der Waals surface area (Å²) in [6, 6.07) is 7.35. The average Bonchev–Trinajstić information content (AvgIpc) is 3.36. The number of quaternary nitrogens is 1. The average molecular weight is 393 g/mol. The predicted octanol–water partition coefficient (Wildman–Crippen LogP) is 3.61. The topological polar surface area (TPSA) is 46.5 Å². The molecule has 1 N–H and O–H groups in total. The van der Waals surface area contributed by atoms with Gasteiger partial charge in [-0.1, -0.05) is 19.1 Å². The predicted molar refractivity (Wildman–Crippen MR) is 104 cm³/mol. The zero-order valence-corrected chi connectivity index (χ0v) is 16.7. The number of aliphatic hydroxyl groups is 1. The highest BCUT2D eigenvalue weighted by atomic mass is 32.1. The molecule has 3 fully saturated rings. The maximum Gasteiger partial charge on any atom is 0.349 e. The van der Waals surface area contributed by atoms with Crippen molar-refractivity contribution in [3.8, 4) is 0 Å². The fraction of sp³-hybridized carbons (Fsp3) is 0.550. The van der Waals surface area contributed by atoms with Gasteiger partial charge in [-0.3, -0.25) is 0 Å². The molecule has 2 aromatic rings. The zero-order chi connectivity index (χ0) is 18.2. The molecule has 6 heteroatoms. The molecule has 0 spiro atoms. The molecule has 2 bridgehead atoms. The molecule has 0 aromatic carbocycles. The van der Waals surface area contributed by atoms with E-state index in [9.17, 15) is 9.90 Å². The van der Waals surface area contributed by atoms with Crippen molar-refractivity contribution in [1.29, 1.82) is 0 Å². The lowest BCUT2D eigenvalue weighted by atomic mass is 9.83. The Morgan fingerprint density at radius 2 is 1.85 bits per heavy atom. The van der Waals surface area contributed by atoms with E-state index in [0.717, 1.165) is 36.8 Å². The molecule has 5 rings (SSSR count). The van der Waals surface area contributed by atoms with Crippen molar-refractivity contribution in [3.05, 3.63) is 44.8 Å². The first-order valence-corrected chi connectivity index (χ1v) is 11.2. The molecule has 2 aromatic heterocycles. The van der Waals surface area contributed by atoms with Gasteiger partial charge in [-0.2, -0.15) is 0 Å². The van der Waals surface area contributed by atoms with Crippen molar-refractivity contribution in [3.63, 3.8) is 0 Å². The maximum absolute atomic E-state index is 13.2. The molecule has 1 atom stereocenters. The molecular weight excluding hydrogens is 366 g/mol. The number of ether oxygens (including phenoxy) is 1. The van der Waals surface area contributed by atoms with E-state index in [1.54, 1.807) is 0 Å². The van der Waals surface area contributed by atoms with Crippen LogP contribution in [0.15, 0.2) is 35.0 Å². The van der Waals surface area contributed by atoms with E-state index in [1.165, 1.54) is 35.8 Å². The first kappa shape index (κ1) is 18.2. The van der Waals surface area contributed by atoms with E-state index in [1.807, 2.05) is 35.0 Å². The summed E-state index contributed by atoms with van der Waals surface area (Å²) in [5, 5.41) is 15.2. The highest BCUT2D eigenvalue weighted by Gasteiger charge is 2.50. The molecule has 26 heavy (non-hydrogen) atoms. The lowest BCUT2D eigenvalue weighted by Crippen LogP contribution is -2.65. The highest BCUT2D eigenvalue weighted by molar-refractivity contribution is 7.12. The van der Waals surface area contributed by atoms with Crippen LogP contribution in [0.3, 0.4) is 0 Å². The zero-order valence-electron chi connectivity index (χ0n) is 15.1. The number of rotatable bonds is 6. The number of nitrogens with zero attached hydrogens (tertiary/aromatic N) is 1. The summed E-state index contributed by atoms with van der Waals surface area (Å²) in [7, 11) is 0. The Morgan fingerprint density at radius 3 is 2.35 bits per heavy atom. The van der Waals surface area contributed by atoms with E-state index < -0.39 is 11.6 Å². The van der Waals surface area contributed by atoms with Gasteiger partial charge in [0.1, 0.15) is 6.54 Å². The van der Waals surface area contributed by atoms with Crippen LogP contribution in [0.1, 0.15) is 35.9 Å². The van der Waals surface area contributed by atoms with Crippen LogP contribution in [0.4, 0.5) is 0 Å². The minimum atomic E-state index is -1.69. The van der Waals surface area contributed by atoms with Gasteiger partial charge in [-0.15, -0.1) is 22.7 Å². The molecular formula is C20H26NO3S2+. The second-order valence-corrected chi connectivity index (χ2v) is 9.54. The molecule has 3 aliphatic heterocycles. The SMILES string of the molecule is CCC[N+]12CCC(CC1)[C@@H](OC(=O)C(O)(c1cccs1)c1cccs1)C2. The van der Waals surface area contributed by atoms with Gasteiger partial charge in [0.25, 0.3) is 0 Å². The van der Waals surface area contributed by atoms with Gasteiger partial charge >= 0.3 is 5.97 Å². The van der Waals surface area contributed by atoms with Crippen LogP contribution < -0.4 is 0 Å². The maximum atomic E-state index is 13.2. The van der Waals surface area contributed by atoms with Crippen LogP contribution in [0.5, 0.6) is 0 Å². The van der Waals surface area contributed by atoms with Crippen molar-refractivity contribution in [2.45, 2.75) is 37.9 Å². The summed E-state index contributed by atoms with van der Waals surface area (Å²) in [5.41, 5.74) is -1.69. The number of thiophene rings is 2. The third-order valence-corrected chi connectivity index (χ3v) is 8.01. The van der Waals surface area contributed by atoms with E-state index in [0.29, 0.717) is 15.7 Å². The Morgan fingerprint density at radius 1 is 1.23 bits per heavy atom. The van der Waals surface area contributed by atoms with Gasteiger partial charge in [0.2, 0.25) is 5.60 Å². The Balaban J connectivity index is 1.58. The Hall–Kier alpha value is -1.21. The highest BCUT2D eigenvalue weighted by Crippen LogP contribution is 2.40. The summed E-state index contributed by atoms with van der Waals surface area (Å²) >= 11 is 2.79. The normalized spacial score (nSPS) is 28.2. The van der Waals surface area contributed by atoms with Crippen molar-refractivity contribution in [1.82, 2.24) is 0 Å². The Bertz CT molecular complexity index is 693. The molecule has 3 aliphatic rings. The first-order valence-electron chi connectivity index (χ1n) is 9.44. The van der Waals surface area contributed by atoms with Gasteiger partial charge in [0.15, 0.2) is 6.10 Å². The van der Waals surface area contributed by atoms with E-state index in [-0.39, 0.29) is 6.10 Å². The van der Waals surface area contributed by atoms with Crippen LogP contribution >= 0.6 is 22.7 Å². The fourth-order valence-electron chi connectivity index (χ4n) is 4.66. The number of carbonyl (C=O) groups is 1. The molecule has 0 amide bonds. The lowest BCUT2D eigenvalue weighted by Gasteiger charge is -2.52. The van der Waals surface area contributed by atoms with Crippen molar-refractivity contribution >= 4 is 28.6 Å². The van der Waals surface area contributed by atoms with Crippen LogP contribution in [0.25, 0.3) is 0 Å². The van der Waals surface area contributed by atoms with E-state index >= 15 is 0 Å². The molecule has 0 saturated carbocycles. The fourth-order valence-corrected chi connectivity index (χ4v) is 6.37. The van der Waals surface area contributed by atoms with Crippen molar-refractivity contribution in [2.75, 3.05) is 26.2 Å². The second kappa shape index (κ2) is 7.08. The summed E-state index contributed by atoms with van der Waals surface area (Å²) in [5.74, 6) is -0.0810. The molecule has 0 radical (unpaired) electrons. The molecule has 0 aliphatic carbocycles. The number of piperidine rings is 3. The number of hydrogen-bond acceptors (Lipinski definition) is 5. The van der Waals surface area contributed by atoms with E-state index in [2.05, 4.69) is 6.92 Å². The summed E-state index contributed by atoms with van der Waals surface area (Å²) in [4.78, 5) is 14.5. The van der Waals surface area contributed by atoms with Gasteiger partial charge in [-0.25, -0.2) is 4.79 Å². The molecule has 3 saturated heterocycles. The smallest absolute Gasteiger partial charge is 0.349 e. The van der Waals surface area contributed by atoms with Crippen LogP contribution in [0.2, 0.25) is 0 Å². The lowest BCUT2D eigenvalue weighted by molar-refractivity contribution is -0.946. The van der Waals surface area contributed by atoms with Gasteiger partial charge in [0, 0.05) is 18.8 Å². The van der Waals surface area contributed by atoms with Crippen LogP contribution in [-0.2, 0) is 15.1 Å². The molecule has 0 unspecified atom stereocenters. The summed E-state index contributed by atoms with van der Waals surface area (Å²) in [6.07, 6.45) is 3.31. The third kappa shape index (κ3) is 3.03. The minimum absolute atomic E-state index is 0.0806. The third-order valence-electron chi connectivity index (χ3n) is 6.05. The number of fused-ring (bicyclic) bond motifs is 3. The van der Waals surface area contributed by atoms with Crippen LogP contribution in [-0.4, -0.2) is 47.8 Å². The summed E-state index contributed by atoms with van der Waals surface area (Å²) < 4.78 is 7.09. The quantitative estimate of drug-likeness (QED) is 0.603. The van der Waals surface area contributed by atoms with Gasteiger partial charge < -0.3 is 14.3 Å². The van der Waals surface area contributed by atoms with E-state index in [4.69, 9.17) is 4.74 Å². The second-order valence-electron chi connectivity index (χ2n) is 7.64. The van der Waals surface area contributed by atoms with Gasteiger partial charge in [-0.05, 0) is 29.3 Å². The van der Waals surface area contributed by atoms with Crippen LogP contribution in [0, 0.1) is 5.92 Å². The van der Waals surface area contributed by atoms with Gasteiger partial charge in [0.05, 0.1) is 29.4 Å². The minimum Gasteiger partial charge on any atom is -0.453 e. The number of esters is 1. The standard InChI is InChI=1S/C20H26NO3S2/c1-2-9-21-10-7-15(8-11-21)16(14-21)24-19(22)20(23,17-5-3-12-25-17)18-6-4-13-26-18/h3-6,12-13,15-16,23H,2,7-11,14H2,1H3/q+1/t15?,16-,21?/m0/s1. The molecule has 5 heterocycles. The number of carbonyl (C=O) groups excluding carboxylic acids is 1. The van der Waals surface area contributed by atoms with Crippen molar-refractivity contribution < 1.29 is 19.1 Å².